The first-order valence-corrected chi connectivity index (χ1v) is 4.84. The summed E-state index contributed by atoms with van der Waals surface area (Å²) >= 11 is 0. The Balaban J connectivity index is 2.18. The molecule has 0 fully saturated rings. The Morgan fingerprint density at radius 2 is 2.07 bits per heavy atom. The molecule has 0 aromatic heterocycles. The van der Waals surface area contributed by atoms with Crippen molar-refractivity contribution in [2.45, 2.75) is 12.8 Å². The molecule has 0 saturated heterocycles. The molecule has 0 aliphatic carbocycles. The molecule has 14 heavy (non-hydrogen) atoms. The summed E-state index contributed by atoms with van der Waals surface area (Å²) in [5.41, 5.74) is 0.970. The predicted octanol–water partition coefficient (Wildman–Crippen LogP) is 2.32. The van der Waals surface area contributed by atoms with E-state index in [1.807, 2.05) is 6.07 Å². The number of benzene rings is 1. The fourth-order valence-corrected chi connectivity index (χ4v) is 1.24. The van der Waals surface area contributed by atoms with Gasteiger partial charge in [0.15, 0.2) is 0 Å². The third-order valence-electron chi connectivity index (χ3n) is 1.97. The molecular formula is C11H15F2N. The topological polar surface area (TPSA) is 12.0 Å². The summed E-state index contributed by atoms with van der Waals surface area (Å²) in [5, 5.41) is 3.09. The van der Waals surface area contributed by atoms with Gasteiger partial charge in [0.25, 0.3) is 0 Å². The number of rotatable bonds is 6. The van der Waals surface area contributed by atoms with E-state index in [4.69, 9.17) is 0 Å². The highest BCUT2D eigenvalue weighted by molar-refractivity contribution is 5.16. The van der Waals surface area contributed by atoms with Crippen molar-refractivity contribution >= 4 is 0 Å². The molecule has 1 aromatic rings. The molecule has 0 aliphatic heterocycles. The number of nitrogens with one attached hydrogen (secondary N) is 1. The summed E-state index contributed by atoms with van der Waals surface area (Å²) in [4.78, 5) is 0. The van der Waals surface area contributed by atoms with Gasteiger partial charge in [-0.25, -0.2) is 4.39 Å². The van der Waals surface area contributed by atoms with Gasteiger partial charge < -0.3 is 5.32 Å². The first-order chi connectivity index (χ1) is 6.83. The second-order valence-electron chi connectivity index (χ2n) is 3.17. The van der Waals surface area contributed by atoms with Crippen molar-refractivity contribution in [1.82, 2.24) is 5.32 Å². The maximum atomic E-state index is 12.7. The van der Waals surface area contributed by atoms with E-state index in [9.17, 15) is 8.78 Å². The van der Waals surface area contributed by atoms with Gasteiger partial charge >= 0.3 is 0 Å². The van der Waals surface area contributed by atoms with Crippen LogP contribution in [0.4, 0.5) is 8.78 Å². The summed E-state index contributed by atoms with van der Waals surface area (Å²) in [6.45, 7) is 1.17. The predicted molar refractivity (Wildman–Crippen MR) is 53.6 cm³/mol. The van der Waals surface area contributed by atoms with Crippen LogP contribution < -0.4 is 5.32 Å². The van der Waals surface area contributed by atoms with Gasteiger partial charge in [0.05, 0.1) is 6.67 Å². The van der Waals surface area contributed by atoms with E-state index >= 15 is 0 Å². The molecule has 0 saturated carbocycles. The van der Waals surface area contributed by atoms with Crippen molar-refractivity contribution < 1.29 is 8.78 Å². The highest BCUT2D eigenvalue weighted by Gasteiger charge is 1.94. The van der Waals surface area contributed by atoms with Crippen LogP contribution in [0.1, 0.15) is 12.0 Å². The van der Waals surface area contributed by atoms with Crippen LogP contribution in [0.25, 0.3) is 0 Å². The quantitative estimate of drug-likeness (QED) is 0.693. The van der Waals surface area contributed by atoms with Crippen molar-refractivity contribution in [2.75, 3.05) is 19.8 Å². The average molecular weight is 199 g/mol. The number of hydrogen-bond acceptors (Lipinski definition) is 1. The summed E-state index contributed by atoms with van der Waals surface area (Å²) in [6, 6.07) is 6.54. The first-order valence-electron chi connectivity index (χ1n) is 4.84. The Kier molecular flexibility index (Phi) is 5.15. The van der Waals surface area contributed by atoms with Crippen molar-refractivity contribution in [3.05, 3.63) is 35.6 Å². The number of halogens is 2. The van der Waals surface area contributed by atoms with Crippen LogP contribution in [0.5, 0.6) is 0 Å². The zero-order valence-corrected chi connectivity index (χ0v) is 8.10. The van der Waals surface area contributed by atoms with E-state index in [2.05, 4.69) is 5.32 Å². The minimum atomic E-state index is -0.285. The highest BCUT2D eigenvalue weighted by Crippen LogP contribution is 2.03. The average Bonchev–Trinajstić information content (AvgIpc) is 2.18. The Labute approximate surface area is 83.1 Å². The van der Waals surface area contributed by atoms with Gasteiger partial charge in [-0.05, 0) is 43.6 Å². The fourth-order valence-electron chi connectivity index (χ4n) is 1.24. The molecule has 0 radical (unpaired) electrons. The Morgan fingerprint density at radius 1 is 1.21 bits per heavy atom. The highest BCUT2D eigenvalue weighted by atomic mass is 19.1. The van der Waals surface area contributed by atoms with Crippen LogP contribution >= 0.6 is 0 Å². The van der Waals surface area contributed by atoms with Crippen LogP contribution in [0.3, 0.4) is 0 Å². The van der Waals surface area contributed by atoms with E-state index in [0.29, 0.717) is 13.0 Å². The van der Waals surface area contributed by atoms with E-state index in [-0.39, 0.29) is 12.5 Å². The van der Waals surface area contributed by atoms with E-state index in [0.717, 1.165) is 18.5 Å². The molecule has 0 spiro atoms. The minimum absolute atomic E-state index is 0.203. The maximum absolute atomic E-state index is 12.7. The largest absolute Gasteiger partial charge is 0.316 e. The summed E-state index contributed by atoms with van der Waals surface area (Å²) in [6.07, 6.45) is 1.33. The van der Waals surface area contributed by atoms with Crippen molar-refractivity contribution in [1.29, 1.82) is 0 Å². The summed E-state index contributed by atoms with van der Waals surface area (Å²) < 4.78 is 24.4. The third-order valence-corrected chi connectivity index (χ3v) is 1.97. The lowest BCUT2D eigenvalue weighted by Crippen LogP contribution is -2.18. The summed E-state index contributed by atoms with van der Waals surface area (Å²) in [5.74, 6) is -0.203. The molecule has 3 heteroatoms. The fraction of sp³-hybridized carbons (Fsp3) is 0.455. The van der Waals surface area contributed by atoms with Gasteiger partial charge in [-0.1, -0.05) is 12.1 Å². The van der Waals surface area contributed by atoms with Crippen LogP contribution in [0.2, 0.25) is 0 Å². The monoisotopic (exact) mass is 199 g/mol. The molecule has 0 aliphatic rings. The van der Waals surface area contributed by atoms with Gasteiger partial charge in [-0.3, -0.25) is 4.39 Å². The van der Waals surface area contributed by atoms with Gasteiger partial charge in [0.1, 0.15) is 5.82 Å². The van der Waals surface area contributed by atoms with E-state index in [1.54, 1.807) is 6.07 Å². The van der Waals surface area contributed by atoms with Crippen molar-refractivity contribution in [3.63, 3.8) is 0 Å². The molecule has 1 aromatic carbocycles. The van der Waals surface area contributed by atoms with Crippen LogP contribution in [-0.2, 0) is 6.42 Å². The van der Waals surface area contributed by atoms with Gasteiger partial charge in [0.2, 0.25) is 0 Å². The maximum Gasteiger partial charge on any atom is 0.123 e. The lowest BCUT2D eigenvalue weighted by atomic mass is 10.1. The molecule has 0 bridgehead atoms. The molecule has 1 N–H and O–H groups in total. The Hall–Kier alpha value is -0.960. The molecule has 0 atom stereocenters. The second-order valence-corrected chi connectivity index (χ2v) is 3.17. The summed E-state index contributed by atoms with van der Waals surface area (Å²) in [7, 11) is 0. The van der Waals surface area contributed by atoms with Crippen LogP contribution in [0, 0.1) is 5.82 Å². The lowest BCUT2D eigenvalue weighted by molar-refractivity contribution is 0.460. The molecular weight excluding hydrogens is 184 g/mol. The first kappa shape index (κ1) is 11.1. The van der Waals surface area contributed by atoms with Gasteiger partial charge in [0, 0.05) is 0 Å². The lowest BCUT2D eigenvalue weighted by Gasteiger charge is -2.03. The normalized spacial score (nSPS) is 10.4. The zero-order valence-electron chi connectivity index (χ0n) is 8.10. The second kappa shape index (κ2) is 6.49. The Morgan fingerprint density at radius 3 is 2.79 bits per heavy atom. The van der Waals surface area contributed by atoms with Gasteiger partial charge in [-0.15, -0.1) is 0 Å². The van der Waals surface area contributed by atoms with Crippen LogP contribution in [-0.4, -0.2) is 19.8 Å². The SMILES string of the molecule is FCCCNCCc1cccc(F)c1. The number of hydrogen-bond donors (Lipinski definition) is 1. The van der Waals surface area contributed by atoms with Crippen molar-refractivity contribution in [3.8, 4) is 0 Å². The third kappa shape index (κ3) is 4.33. The minimum Gasteiger partial charge on any atom is -0.316 e. The smallest absolute Gasteiger partial charge is 0.123 e. The van der Waals surface area contributed by atoms with Gasteiger partial charge in [-0.2, -0.15) is 0 Å². The molecule has 1 nitrogen and oxygen atoms in total. The van der Waals surface area contributed by atoms with Crippen LogP contribution in [0.15, 0.2) is 24.3 Å². The van der Waals surface area contributed by atoms with E-state index < -0.39 is 0 Å². The number of alkyl halides is 1. The molecule has 0 heterocycles. The molecule has 1 rings (SSSR count). The van der Waals surface area contributed by atoms with E-state index in [1.165, 1.54) is 12.1 Å². The van der Waals surface area contributed by atoms with Crippen molar-refractivity contribution in [2.24, 2.45) is 0 Å². The molecule has 78 valence electrons. The Bertz CT molecular complexity index is 263. The molecule has 0 amide bonds. The standard InChI is InChI=1S/C11H15F2N/c12-6-2-7-14-8-5-10-3-1-4-11(13)9-10/h1,3-4,9,14H,2,5-8H2. The molecule has 0 unspecified atom stereocenters. The zero-order chi connectivity index (χ0) is 10.2.